The van der Waals surface area contributed by atoms with E-state index >= 15 is 0 Å². The minimum Gasteiger partial charge on any atom is -0.385 e. The van der Waals surface area contributed by atoms with Crippen LogP contribution in [0.1, 0.15) is 39.5 Å². The van der Waals surface area contributed by atoms with E-state index in [0.717, 1.165) is 45.5 Å². The number of hydrogen-bond acceptors (Lipinski definition) is 3. The molecule has 0 aliphatic carbocycles. The van der Waals surface area contributed by atoms with Gasteiger partial charge in [-0.25, -0.2) is 0 Å². The van der Waals surface area contributed by atoms with Crippen molar-refractivity contribution < 1.29 is 9.53 Å². The molecule has 0 unspecified atom stereocenters. The van der Waals surface area contributed by atoms with E-state index in [1.54, 1.807) is 7.11 Å². The van der Waals surface area contributed by atoms with Crippen molar-refractivity contribution in [2.45, 2.75) is 39.5 Å². The van der Waals surface area contributed by atoms with Gasteiger partial charge in [0.05, 0.1) is 6.54 Å². The fraction of sp³-hybridized carbons (Fsp3) is 0.929. The molecule has 0 atom stereocenters. The van der Waals surface area contributed by atoms with Gasteiger partial charge in [-0.3, -0.25) is 4.79 Å². The number of piperidine rings is 1. The van der Waals surface area contributed by atoms with Crippen LogP contribution < -0.4 is 5.32 Å². The van der Waals surface area contributed by atoms with E-state index in [2.05, 4.69) is 19.2 Å². The zero-order chi connectivity index (χ0) is 13.4. The molecule has 1 aliphatic heterocycles. The maximum Gasteiger partial charge on any atom is 0.236 e. The Kier molecular flexibility index (Phi) is 6.65. The van der Waals surface area contributed by atoms with Crippen LogP contribution in [0, 0.1) is 5.41 Å². The predicted octanol–water partition coefficient (Wildman–Crippen LogP) is 1.65. The standard InChI is InChI=1S/C14H28N2O2/c1-14(2,7-10-18-3)12-15-11-13(17)16-8-5-4-6-9-16/h15H,4-12H2,1-3H3. The lowest BCUT2D eigenvalue weighted by molar-refractivity contribution is -0.131. The number of hydrogen-bond donors (Lipinski definition) is 1. The summed E-state index contributed by atoms with van der Waals surface area (Å²) in [5.74, 6) is 0.247. The number of nitrogens with zero attached hydrogens (tertiary/aromatic N) is 1. The van der Waals surface area contributed by atoms with Crippen LogP contribution in [0.5, 0.6) is 0 Å². The Labute approximate surface area is 111 Å². The zero-order valence-electron chi connectivity index (χ0n) is 12.1. The highest BCUT2D eigenvalue weighted by Gasteiger charge is 2.19. The fourth-order valence-electron chi connectivity index (χ4n) is 2.23. The van der Waals surface area contributed by atoms with Crippen LogP contribution in [0.15, 0.2) is 0 Å². The molecule has 1 aliphatic rings. The number of ether oxygens (including phenoxy) is 1. The molecule has 1 N–H and O–H groups in total. The summed E-state index contributed by atoms with van der Waals surface area (Å²) in [5, 5.41) is 3.28. The largest absolute Gasteiger partial charge is 0.385 e. The molecule has 18 heavy (non-hydrogen) atoms. The molecule has 1 amide bonds. The van der Waals surface area contributed by atoms with Gasteiger partial charge in [0, 0.05) is 33.4 Å². The average molecular weight is 256 g/mol. The number of rotatable bonds is 7. The van der Waals surface area contributed by atoms with Gasteiger partial charge in [0.25, 0.3) is 0 Å². The van der Waals surface area contributed by atoms with Gasteiger partial charge in [-0.15, -0.1) is 0 Å². The molecule has 1 saturated heterocycles. The second-order valence-electron chi connectivity index (χ2n) is 5.95. The van der Waals surface area contributed by atoms with Gasteiger partial charge in [0.2, 0.25) is 5.91 Å². The summed E-state index contributed by atoms with van der Waals surface area (Å²) in [6.07, 6.45) is 4.59. The first-order valence-electron chi connectivity index (χ1n) is 7.02. The first-order chi connectivity index (χ1) is 8.55. The molecule has 4 nitrogen and oxygen atoms in total. The van der Waals surface area contributed by atoms with Crippen LogP contribution in [0.2, 0.25) is 0 Å². The molecule has 0 spiro atoms. The van der Waals surface area contributed by atoms with E-state index < -0.39 is 0 Å². The maximum absolute atomic E-state index is 11.9. The molecule has 0 aromatic carbocycles. The smallest absolute Gasteiger partial charge is 0.236 e. The van der Waals surface area contributed by atoms with Crippen molar-refractivity contribution in [2.24, 2.45) is 5.41 Å². The van der Waals surface area contributed by atoms with E-state index in [0.29, 0.717) is 6.54 Å². The van der Waals surface area contributed by atoms with Crippen molar-refractivity contribution in [3.63, 3.8) is 0 Å². The van der Waals surface area contributed by atoms with E-state index in [9.17, 15) is 4.79 Å². The third-order valence-electron chi connectivity index (χ3n) is 3.57. The van der Waals surface area contributed by atoms with Crippen molar-refractivity contribution in [1.29, 1.82) is 0 Å². The Balaban J connectivity index is 2.17. The summed E-state index contributed by atoms with van der Waals surface area (Å²) in [4.78, 5) is 13.9. The van der Waals surface area contributed by atoms with Gasteiger partial charge in [-0.1, -0.05) is 13.8 Å². The molecule has 0 radical (unpaired) electrons. The minimum atomic E-state index is 0.179. The molecule has 1 fully saturated rings. The highest BCUT2D eigenvalue weighted by Crippen LogP contribution is 2.18. The number of methoxy groups -OCH3 is 1. The lowest BCUT2D eigenvalue weighted by Gasteiger charge is -2.28. The third kappa shape index (κ3) is 5.83. The summed E-state index contributed by atoms with van der Waals surface area (Å²) >= 11 is 0. The number of carbonyl (C=O) groups is 1. The Bertz CT molecular complexity index is 248. The van der Waals surface area contributed by atoms with Gasteiger partial charge in [0.1, 0.15) is 0 Å². The van der Waals surface area contributed by atoms with Crippen LogP contribution in [-0.2, 0) is 9.53 Å². The molecule has 1 heterocycles. The fourth-order valence-corrected chi connectivity index (χ4v) is 2.23. The Hall–Kier alpha value is -0.610. The SMILES string of the molecule is COCCC(C)(C)CNCC(=O)N1CCCCC1. The van der Waals surface area contributed by atoms with E-state index in [4.69, 9.17) is 4.74 Å². The van der Waals surface area contributed by atoms with E-state index in [-0.39, 0.29) is 11.3 Å². The summed E-state index contributed by atoms with van der Waals surface area (Å²) in [6, 6.07) is 0. The number of amides is 1. The van der Waals surface area contributed by atoms with Crippen molar-refractivity contribution in [3.05, 3.63) is 0 Å². The van der Waals surface area contributed by atoms with Gasteiger partial charge < -0.3 is 15.0 Å². The number of nitrogens with one attached hydrogen (secondary N) is 1. The lowest BCUT2D eigenvalue weighted by Crippen LogP contribution is -2.43. The van der Waals surface area contributed by atoms with Crippen LogP contribution in [-0.4, -0.2) is 50.7 Å². The van der Waals surface area contributed by atoms with Crippen LogP contribution in [0.4, 0.5) is 0 Å². The highest BCUT2D eigenvalue weighted by atomic mass is 16.5. The van der Waals surface area contributed by atoms with Gasteiger partial charge >= 0.3 is 0 Å². The van der Waals surface area contributed by atoms with Gasteiger partial charge in [-0.05, 0) is 31.1 Å². The maximum atomic E-state index is 11.9. The molecule has 4 heteroatoms. The minimum absolute atomic E-state index is 0.179. The predicted molar refractivity (Wildman–Crippen MR) is 73.6 cm³/mol. The summed E-state index contributed by atoms with van der Waals surface area (Å²) in [7, 11) is 1.73. The van der Waals surface area contributed by atoms with Crippen molar-refractivity contribution in [1.82, 2.24) is 10.2 Å². The quantitative estimate of drug-likeness (QED) is 0.753. The third-order valence-corrected chi connectivity index (χ3v) is 3.57. The van der Waals surface area contributed by atoms with Crippen molar-refractivity contribution in [3.8, 4) is 0 Å². The van der Waals surface area contributed by atoms with Gasteiger partial charge in [-0.2, -0.15) is 0 Å². The molecule has 0 saturated carbocycles. The molecule has 0 aromatic rings. The summed E-state index contributed by atoms with van der Waals surface area (Å²) in [6.45, 7) is 8.37. The van der Waals surface area contributed by atoms with Crippen molar-refractivity contribution >= 4 is 5.91 Å². The van der Waals surface area contributed by atoms with E-state index in [1.165, 1.54) is 6.42 Å². The van der Waals surface area contributed by atoms with Crippen LogP contribution in [0.25, 0.3) is 0 Å². The average Bonchev–Trinajstić information content (AvgIpc) is 2.37. The normalized spacial score (nSPS) is 16.9. The summed E-state index contributed by atoms with van der Waals surface area (Å²) in [5.41, 5.74) is 0.179. The molecule has 0 bridgehead atoms. The Morgan fingerprint density at radius 3 is 2.56 bits per heavy atom. The summed E-state index contributed by atoms with van der Waals surface area (Å²) < 4.78 is 5.10. The van der Waals surface area contributed by atoms with Crippen LogP contribution in [0.3, 0.4) is 0 Å². The first kappa shape index (κ1) is 15.4. The molecular weight excluding hydrogens is 228 g/mol. The van der Waals surface area contributed by atoms with Gasteiger partial charge in [0.15, 0.2) is 0 Å². The second kappa shape index (κ2) is 7.74. The number of likely N-dealkylation sites (tertiary alicyclic amines) is 1. The Morgan fingerprint density at radius 2 is 1.94 bits per heavy atom. The zero-order valence-corrected chi connectivity index (χ0v) is 12.1. The van der Waals surface area contributed by atoms with Crippen LogP contribution >= 0.6 is 0 Å². The topological polar surface area (TPSA) is 41.6 Å². The van der Waals surface area contributed by atoms with Crippen molar-refractivity contribution in [2.75, 3.05) is 39.9 Å². The monoisotopic (exact) mass is 256 g/mol. The van der Waals surface area contributed by atoms with E-state index in [1.807, 2.05) is 4.90 Å². The molecule has 1 rings (SSSR count). The molecular formula is C14H28N2O2. The lowest BCUT2D eigenvalue weighted by atomic mass is 9.90. The number of carbonyl (C=O) groups excluding carboxylic acids is 1. The first-order valence-corrected chi connectivity index (χ1v) is 7.02. The molecule has 106 valence electrons. The second-order valence-corrected chi connectivity index (χ2v) is 5.95. The molecule has 0 aromatic heterocycles. The Morgan fingerprint density at radius 1 is 1.28 bits per heavy atom. The highest BCUT2D eigenvalue weighted by molar-refractivity contribution is 5.78.